The van der Waals surface area contributed by atoms with Crippen molar-refractivity contribution < 1.29 is 36.9 Å². The summed E-state index contributed by atoms with van der Waals surface area (Å²) in [4.78, 5) is 12.4. The lowest BCUT2D eigenvalue weighted by Crippen LogP contribution is -2.13. The Balaban J connectivity index is 1.52. The summed E-state index contributed by atoms with van der Waals surface area (Å²) in [5.41, 5.74) is 0.0958. The first-order chi connectivity index (χ1) is 17.3. The Bertz CT molecular complexity index is 1400. The first-order valence-corrected chi connectivity index (χ1v) is 10.9. The molecule has 0 aliphatic rings. The second-order valence-corrected chi connectivity index (χ2v) is 7.79. The topological polar surface area (TPSA) is 55.8 Å². The van der Waals surface area contributed by atoms with Crippen LogP contribution in [0.5, 0.6) is 11.5 Å². The maximum absolute atomic E-state index is 14.8. The van der Waals surface area contributed by atoms with Crippen LogP contribution in [0.2, 0.25) is 0 Å². The number of benzene rings is 4. The van der Waals surface area contributed by atoms with Crippen molar-refractivity contribution in [3.05, 3.63) is 107 Å². The number of aromatic hydroxyl groups is 1. The van der Waals surface area contributed by atoms with E-state index in [4.69, 9.17) is 9.47 Å². The van der Waals surface area contributed by atoms with Gasteiger partial charge in [-0.15, -0.1) is 0 Å². The van der Waals surface area contributed by atoms with Gasteiger partial charge < -0.3 is 14.6 Å². The van der Waals surface area contributed by atoms with Crippen LogP contribution in [0.4, 0.5) is 17.6 Å². The van der Waals surface area contributed by atoms with Crippen molar-refractivity contribution in [3.63, 3.8) is 0 Å². The summed E-state index contributed by atoms with van der Waals surface area (Å²) < 4.78 is 68.4. The quantitative estimate of drug-likeness (QED) is 0.169. The minimum absolute atomic E-state index is 0.00324. The van der Waals surface area contributed by atoms with Crippen LogP contribution in [0, 0.1) is 23.3 Å². The Labute approximate surface area is 204 Å². The van der Waals surface area contributed by atoms with Gasteiger partial charge in [0.05, 0.1) is 12.2 Å². The maximum Gasteiger partial charge on any atom is 0.346 e. The second-order valence-electron chi connectivity index (χ2n) is 7.79. The predicted octanol–water partition coefficient (Wildman–Crippen LogP) is 7.04. The molecule has 0 aliphatic heterocycles. The van der Waals surface area contributed by atoms with Gasteiger partial charge in [-0.25, -0.2) is 22.4 Å². The normalized spacial score (nSPS) is 10.9. The zero-order valence-corrected chi connectivity index (χ0v) is 19.0. The molecule has 4 aromatic carbocycles. The van der Waals surface area contributed by atoms with Crippen molar-refractivity contribution in [1.29, 1.82) is 0 Å². The van der Waals surface area contributed by atoms with Gasteiger partial charge in [-0.05, 0) is 48.4 Å². The van der Waals surface area contributed by atoms with Crippen molar-refractivity contribution in [2.75, 3.05) is 6.61 Å². The third-order valence-electron chi connectivity index (χ3n) is 5.48. The van der Waals surface area contributed by atoms with E-state index in [1.54, 1.807) is 6.92 Å². The van der Waals surface area contributed by atoms with Gasteiger partial charge in [0.1, 0.15) is 11.5 Å². The zero-order chi connectivity index (χ0) is 25.8. The third kappa shape index (κ3) is 5.08. The van der Waals surface area contributed by atoms with E-state index in [2.05, 4.69) is 0 Å². The minimum atomic E-state index is -1.35. The molecule has 184 valence electrons. The summed E-state index contributed by atoms with van der Waals surface area (Å²) in [7, 11) is 0. The Morgan fingerprint density at radius 2 is 1.28 bits per heavy atom. The van der Waals surface area contributed by atoms with Crippen molar-refractivity contribution in [3.8, 4) is 33.8 Å². The highest BCUT2D eigenvalue weighted by atomic mass is 19.2. The number of ether oxygens (including phenoxy) is 2. The minimum Gasteiger partial charge on any atom is -0.508 e. The molecule has 4 rings (SSSR count). The molecule has 0 amide bonds. The van der Waals surface area contributed by atoms with Crippen molar-refractivity contribution in [1.82, 2.24) is 0 Å². The molecule has 4 nitrogen and oxygen atoms in total. The van der Waals surface area contributed by atoms with Crippen LogP contribution in [0.3, 0.4) is 0 Å². The summed E-state index contributed by atoms with van der Waals surface area (Å²) in [6.45, 7) is 1.89. The maximum atomic E-state index is 14.8. The Hall–Kier alpha value is -4.17. The van der Waals surface area contributed by atoms with Gasteiger partial charge in [-0.3, -0.25) is 0 Å². The molecule has 0 saturated heterocycles. The number of carbonyl (C=O) groups is 1. The highest BCUT2D eigenvalue weighted by molar-refractivity contribution is 5.91. The number of halogens is 4. The molecule has 8 heteroatoms. The second kappa shape index (κ2) is 10.6. The zero-order valence-electron chi connectivity index (χ0n) is 19.0. The molecule has 36 heavy (non-hydrogen) atoms. The summed E-state index contributed by atoms with van der Waals surface area (Å²) in [6.07, 6.45) is 0. The van der Waals surface area contributed by atoms with Crippen LogP contribution < -0.4 is 4.74 Å². The van der Waals surface area contributed by atoms with E-state index in [1.807, 2.05) is 0 Å². The number of hydrogen-bond acceptors (Lipinski definition) is 4. The standard InChI is InChI=1S/C28H20F4O4/c1-2-35-15-18-7-12-23(27(32)24(18)29)28(34)36-20-10-5-17(6-11-20)22-14-13-21(25(30)26(22)31)16-3-8-19(33)9-4-16/h3-14,33H,2,15H2,1H3. The average molecular weight is 496 g/mol. The van der Waals surface area contributed by atoms with E-state index < -0.39 is 34.8 Å². The Morgan fingerprint density at radius 1 is 0.722 bits per heavy atom. The number of hydrogen-bond donors (Lipinski definition) is 1. The number of esters is 1. The lowest BCUT2D eigenvalue weighted by atomic mass is 9.98. The highest BCUT2D eigenvalue weighted by Gasteiger charge is 2.21. The molecule has 0 bridgehead atoms. The number of rotatable bonds is 7. The molecule has 1 N–H and O–H groups in total. The molecule has 0 aliphatic carbocycles. The predicted molar refractivity (Wildman–Crippen MR) is 126 cm³/mol. The summed E-state index contributed by atoms with van der Waals surface area (Å²) in [5.74, 6) is -5.78. The fraction of sp³-hybridized carbons (Fsp3) is 0.107. The molecular weight excluding hydrogens is 476 g/mol. The lowest BCUT2D eigenvalue weighted by molar-refractivity contribution is 0.0728. The van der Waals surface area contributed by atoms with Gasteiger partial charge in [0.2, 0.25) is 0 Å². The first-order valence-electron chi connectivity index (χ1n) is 10.9. The molecule has 0 spiro atoms. The molecule has 0 fully saturated rings. The van der Waals surface area contributed by atoms with E-state index in [0.29, 0.717) is 17.7 Å². The third-order valence-corrected chi connectivity index (χ3v) is 5.48. The van der Waals surface area contributed by atoms with Crippen LogP contribution in [0.15, 0.2) is 72.8 Å². The van der Waals surface area contributed by atoms with E-state index in [9.17, 15) is 27.5 Å². The average Bonchev–Trinajstić information content (AvgIpc) is 2.88. The monoisotopic (exact) mass is 496 g/mol. The van der Waals surface area contributed by atoms with Gasteiger partial charge >= 0.3 is 5.97 Å². The summed E-state index contributed by atoms with van der Waals surface area (Å²) >= 11 is 0. The molecular formula is C28H20F4O4. The van der Waals surface area contributed by atoms with Crippen LogP contribution >= 0.6 is 0 Å². The van der Waals surface area contributed by atoms with Gasteiger partial charge in [0, 0.05) is 23.3 Å². The first kappa shape index (κ1) is 24.9. The van der Waals surface area contributed by atoms with E-state index in [0.717, 1.165) is 6.07 Å². The summed E-state index contributed by atoms with van der Waals surface area (Å²) in [6, 6.07) is 16.3. The van der Waals surface area contributed by atoms with Gasteiger partial charge in [0.15, 0.2) is 23.3 Å². The smallest absolute Gasteiger partial charge is 0.346 e. The van der Waals surface area contributed by atoms with Gasteiger partial charge in [0.25, 0.3) is 0 Å². The number of carbonyl (C=O) groups excluding carboxylic acids is 1. The van der Waals surface area contributed by atoms with E-state index in [-0.39, 0.29) is 34.8 Å². The molecule has 0 unspecified atom stereocenters. The van der Waals surface area contributed by atoms with Crippen LogP contribution in [-0.2, 0) is 11.3 Å². The van der Waals surface area contributed by atoms with E-state index in [1.165, 1.54) is 66.7 Å². The fourth-order valence-electron chi connectivity index (χ4n) is 3.57. The van der Waals surface area contributed by atoms with E-state index >= 15 is 0 Å². The number of phenolic OH excluding ortho intramolecular Hbond substituents is 1. The van der Waals surface area contributed by atoms with Crippen molar-refractivity contribution in [2.24, 2.45) is 0 Å². The van der Waals surface area contributed by atoms with Gasteiger partial charge in [-0.2, -0.15) is 0 Å². The van der Waals surface area contributed by atoms with Gasteiger partial charge in [-0.1, -0.05) is 42.5 Å². The molecule has 4 aromatic rings. The Morgan fingerprint density at radius 3 is 1.83 bits per heavy atom. The van der Waals surface area contributed by atoms with Crippen molar-refractivity contribution in [2.45, 2.75) is 13.5 Å². The highest BCUT2D eigenvalue weighted by Crippen LogP contribution is 2.33. The van der Waals surface area contributed by atoms with Crippen LogP contribution in [0.25, 0.3) is 22.3 Å². The molecule has 0 radical (unpaired) electrons. The van der Waals surface area contributed by atoms with Crippen LogP contribution in [-0.4, -0.2) is 17.7 Å². The Kier molecular flexibility index (Phi) is 7.36. The molecule has 0 aromatic heterocycles. The SMILES string of the molecule is CCOCc1ccc(C(=O)Oc2ccc(-c3ccc(-c4ccc(O)cc4)c(F)c3F)cc2)c(F)c1F. The largest absolute Gasteiger partial charge is 0.508 e. The molecule has 0 heterocycles. The number of phenols is 1. The van der Waals surface area contributed by atoms with Crippen LogP contribution in [0.1, 0.15) is 22.8 Å². The molecule has 0 atom stereocenters. The fourth-order valence-corrected chi connectivity index (χ4v) is 3.57. The summed E-state index contributed by atoms with van der Waals surface area (Å²) in [5, 5.41) is 9.39. The lowest BCUT2D eigenvalue weighted by Gasteiger charge is -2.11. The van der Waals surface area contributed by atoms with Crippen molar-refractivity contribution >= 4 is 5.97 Å². The molecule has 0 saturated carbocycles.